The van der Waals surface area contributed by atoms with Gasteiger partial charge in [-0.05, 0) is 18.2 Å². The van der Waals surface area contributed by atoms with Crippen LogP contribution in [0.4, 0.5) is 10.1 Å². The van der Waals surface area contributed by atoms with Gasteiger partial charge in [0.05, 0.1) is 11.8 Å². The van der Waals surface area contributed by atoms with E-state index >= 15 is 0 Å². The number of nitriles is 1. The number of hydrogen-bond donors (Lipinski definition) is 1. The Labute approximate surface area is 114 Å². The first-order valence-electron chi connectivity index (χ1n) is 5.71. The van der Waals surface area contributed by atoms with Crippen LogP contribution in [0.15, 0.2) is 42.7 Å². The number of carbonyl (C=O) groups is 1. The van der Waals surface area contributed by atoms with E-state index in [1.807, 2.05) is 6.07 Å². The predicted molar refractivity (Wildman–Crippen MR) is 69.7 cm³/mol. The molecule has 0 spiro atoms. The molecule has 0 aliphatic rings. The number of aromatic nitrogens is 1. The SMILES string of the molecule is N#CCOc1cccc(NC(=O)c2ccncc2F)c1. The maximum absolute atomic E-state index is 13.4. The van der Waals surface area contributed by atoms with Gasteiger partial charge in [-0.25, -0.2) is 4.39 Å². The van der Waals surface area contributed by atoms with Gasteiger partial charge in [0.2, 0.25) is 0 Å². The Morgan fingerprint density at radius 3 is 3.05 bits per heavy atom. The third kappa shape index (κ3) is 3.29. The monoisotopic (exact) mass is 271 g/mol. The molecular formula is C14H10FN3O2. The molecule has 0 aliphatic carbocycles. The Hall–Kier alpha value is -2.94. The lowest BCUT2D eigenvalue weighted by Gasteiger charge is -2.07. The number of hydrogen-bond acceptors (Lipinski definition) is 4. The summed E-state index contributed by atoms with van der Waals surface area (Å²) in [7, 11) is 0. The lowest BCUT2D eigenvalue weighted by molar-refractivity contribution is 0.102. The molecular weight excluding hydrogens is 261 g/mol. The molecule has 2 aromatic rings. The Bertz CT molecular complexity index is 667. The van der Waals surface area contributed by atoms with E-state index in [1.54, 1.807) is 24.3 Å². The molecule has 0 unspecified atom stereocenters. The Morgan fingerprint density at radius 2 is 2.30 bits per heavy atom. The van der Waals surface area contributed by atoms with E-state index in [1.165, 1.54) is 12.3 Å². The van der Waals surface area contributed by atoms with Gasteiger partial charge in [-0.15, -0.1) is 0 Å². The first-order chi connectivity index (χ1) is 9.70. The summed E-state index contributed by atoms with van der Waals surface area (Å²) in [4.78, 5) is 15.5. The molecule has 6 heteroatoms. The lowest BCUT2D eigenvalue weighted by Crippen LogP contribution is -2.13. The molecule has 1 heterocycles. The smallest absolute Gasteiger partial charge is 0.258 e. The largest absolute Gasteiger partial charge is 0.479 e. The number of carbonyl (C=O) groups excluding carboxylic acids is 1. The van der Waals surface area contributed by atoms with Crippen molar-refractivity contribution in [3.8, 4) is 11.8 Å². The van der Waals surface area contributed by atoms with E-state index in [0.29, 0.717) is 11.4 Å². The number of anilines is 1. The summed E-state index contributed by atoms with van der Waals surface area (Å²) in [6.45, 7) is -0.0869. The van der Waals surface area contributed by atoms with Gasteiger partial charge in [-0.3, -0.25) is 9.78 Å². The molecule has 0 radical (unpaired) electrons. The van der Waals surface area contributed by atoms with Crippen molar-refractivity contribution in [2.45, 2.75) is 0 Å². The van der Waals surface area contributed by atoms with Gasteiger partial charge in [0.15, 0.2) is 12.4 Å². The number of pyridine rings is 1. The van der Waals surface area contributed by atoms with Gasteiger partial charge < -0.3 is 10.1 Å². The third-order valence-electron chi connectivity index (χ3n) is 2.41. The number of nitrogens with one attached hydrogen (secondary N) is 1. The second-order valence-corrected chi connectivity index (χ2v) is 3.78. The van der Waals surface area contributed by atoms with Crippen LogP contribution >= 0.6 is 0 Å². The van der Waals surface area contributed by atoms with Crippen LogP contribution in [0.2, 0.25) is 0 Å². The van der Waals surface area contributed by atoms with Crippen LogP contribution in [0.3, 0.4) is 0 Å². The Kier molecular flexibility index (Phi) is 4.24. The highest BCUT2D eigenvalue weighted by molar-refractivity contribution is 6.04. The van der Waals surface area contributed by atoms with E-state index in [-0.39, 0.29) is 12.2 Å². The maximum atomic E-state index is 13.4. The van der Waals surface area contributed by atoms with Gasteiger partial charge in [-0.1, -0.05) is 6.07 Å². The van der Waals surface area contributed by atoms with Crippen LogP contribution in [-0.4, -0.2) is 17.5 Å². The zero-order chi connectivity index (χ0) is 14.4. The highest BCUT2D eigenvalue weighted by atomic mass is 19.1. The molecule has 20 heavy (non-hydrogen) atoms. The van der Waals surface area contributed by atoms with Crippen molar-refractivity contribution in [1.29, 1.82) is 5.26 Å². The number of halogens is 1. The van der Waals surface area contributed by atoms with Crippen LogP contribution in [0.1, 0.15) is 10.4 Å². The van der Waals surface area contributed by atoms with Crippen molar-refractivity contribution < 1.29 is 13.9 Å². The molecule has 0 saturated carbocycles. The minimum atomic E-state index is -0.693. The molecule has 5 nitrogen and oxygen atoms in total. The van der Waals surface area contributed by atoms with Crippen LogP contribution in [0.5, 0.6) is 5.75 Å². The number of amides is 1. The molecule has 1 aromatic carbocycles. The fraction of sp³-hybridized carbons (Fsp3) is 0.0714. The normalized spacial score (nSPS) is 9.60. The maximum Gasteiger partial charge on any atom is 0.258 e. The van der Waals surface area contributed by atoms with E-state index in [9.17, 15) is 9.18 Å². The van der Waals surface area contributed by atoms with Crippen LogP contribution in [-0.2, 0) is 0 Å². The van der Waals surface area contributed by atoms with Gasteiger partial charge in [0.25, 0.3) is 5.91 Å². The van der Waals surface area contributed by atoms with Crippen molar-refractivity contribution in [2.24, 2.45) is 0 Å². The average molecular weight is 271 g/mol. The topological polar surface area (TPSA) is 75.0 Å². The highest BCUT2D eigenvalue weighted by Gasteiger charge is 2.11. The first-order valence-corrected chi connectivity index (χ1v) is 5.71. The van der Waals surface area contributed by atoms with Crippen molar-refractivity contribution >= 4 is 11.6 Å². The summed E-state index contributed by atoms with van der Waals surface area (Å²) >= 11 is 0. The van der Waals surface area contributed by atoms with Crippen LogP contribution in [0, 0.1) is 17.1 Å². The van der Waals surface area contributed by atoms with Gasteiger partial charge in [0, 0.05) is 18.0 Å². The molecule has 2 rings (SSSR count). The van der Waals surface area contributed by atoms with E-state index in [0.717, 1.165) is 6.20 Å². The molecule has 0 saturated heterocycles. The third-order valence-corrected chi connectivity index (χ3v) is 2.41. The molecule has 1 aromatic heterocycles. The predicted octanol–water partition coefficient (Wildman–Crippen LogP) is 2.38. The molecule has 0 bridgehead atoms. The number of nitrogens with zero attached hydrogens (tertiary/aromatic N) is 2. The van der Waals surface area contributed by atoms with Crippen molar-refractivity contribution in [3.63, 3.8) is 0 Å². The molecule has 0 aliphatic heterocycles. The van der Waals surface area contributed by atoms with E-state index < -0.39 is 11.7 Å². The van der Waals surface area contributed by atoms with Gasteiger partial charge in [-0.2, -0.15) is 5.26 Å². The summed E-state index contributed by atoms with van der Waals surface area (Å²) in [6, 6.07) is 9.63. The standard InChI is InChI=1S/C14H10FN3O2/c15-13-9-17-6-4-12(13)14(19)18-10-2-1-3-11(8-10)20-7-5-16/h1-4,6,8-9H,7H2,(H,18,19). The Morgan fingerprint density at radius 1 is 1.45 bits per heavy atom. The van der Waals surface area contributed by atoms with E-state index in [4.69, 9.17) is 10.00 Å². The molecule has 0 fully saturated rings. The van der Waals surface area contributed by atoms with Crippen molar-refractivity contribution in [1.82, 2.24) is 4.98 Å². The molecule has 1 N–H and O–H groups in total. The summed E-state index contributed by atoms with van der Waals surface area (Å²) in [6.07, 6.45) is 2.31. The average Bonchev–Trinajstić information content (AvgIpc) is 2.46. The highest BCUT2D eigenvalue weighted by Crippen LogP contribution is 2.18. The fourth-order valence-electron chi connectivity index (χ4n) is 1.54. The zero-order valence-corrected chi connectivity index (χ0v) is 10.3. The number of rotatable bonds is 4. The minimum absolute atomic E-state index is 0.0869. The van der Waals surface area contributed by atoms with E-state index in [2.05, 4.69) is 10.3 Å². The molecule has 1 amide bonds. The zero-order valence-electron chi connectivity index (χ0n) is 10.3. The lowest BCUT2D eigenvalue weighted by atomic mass is 10.2. The summed E-state index contributed by atoms with van der Waals surface area (Å²) < 4.78 is 18.5. The van der Waals surface area contributed by atoms with Gasteiger partial charge in [0.1, 0.15) is 11.8 Å². The van der Waals surface area contributed by atoms with Crippen LogP contribution in [0.25, 0.3) is 0 Å². The number of ether oxygens (including phenoxy) is 1. The molecule has 0 atom stereocenters. The fourth-order valence-corrected chi connectivity index (χ4v) is 1.54. The Balaban J connectivity index is 2.12. The first kappa shape index (κ1) is 13.5. The number of benzene rings is 1. The van der Waals surface area contributed by atoms with Crippen molar-refractivity contribution in [3.05, 3.63) is 54.1 Å². The minimum Gasteiger partial charge on any atom is -0.479 e. The quantitative estimate of drug-likeness (QED) is 0.926. The van der Waals surface area contributed by atoms with Crippen LogP contribution < -0.4 is 10.1 Å². The second-order valence-electron chi connectivity index (χ2n) is 3.78. The summed E-state index contributed by atoms with van der Waals surface area (Å²) in [5, 5.41) is 11.0. The molecule has 100 valence electrons. The summed E-state index contributed by atoms with van der Waals surface area (Å²) in [5.74, 6) is -0.830. The van der Waals surface area contributed by atoms with Crippen molar-refractivity contribution in [2.75, 3.05) is 11.9 Å². The van der Waals surface area contributed by atoms with Gasteiger partial charge >= 0.3 is 0 Å². The summed E-state index contributed by atoms with van der Waals surface area (Å²) in [5.41, 5.74) is 0.352. The second kappa shape index (κ2) is 6.29.